The lowest BCUT2D eigenvalue weighted by molar-refractivity contribution is -0.126. The summed E-state index contributed by atoms with van der Waals surface area (Å²) in [6, 6.07) is 37.0. The van der Waals surface area contributed by atoms with Crippen molar-refractivity contribution in [1.82, 2.24) is 14.4 Å². The summed E-state index contributed by atoms with van der Waals surface area (Å²) >= 11 is 1.11. The first kappa shape index (κ1) is 32.4. The number of carbonyl (C=O) groups excluding carboxylic acids is 2. The van der Waals surface area contributed by atoms with E-state index in [0.29, 0.717) is 47.5 Å². The second-order valence-electron chi connectivity index (χ2n) is 11.5. The minimum Gasteiger partial charge on any atom is -0.465 e. The second kappa shape index (κ2) is 14.5. The molecule has 1 aliphatic heterocycles. The van der Waals surface area contributed by atoms with E-state index in [1.54, 1.807) is 35.2 Å². The number of nitriles is 1. The van der Waals surface area contributed by atoms with E-state index in [1.807, 2.05) is 67.6 Å². The van der Waals surface area contributed by atoms with E-state index in [0.717, 1.165) is 16.9 Å². The van der Waals surface area contributed by atoms with Crippen molar-refractivity contribution in [3.63, 3.8) is 0 Å². The maximum Gasteiger partial charge on any atom is 0.337 e. The van der Waals surface area contributed by atoms with Gasteiger partial charge in [0.25, 0.3) is 11.5 Å². The zero-order valence-corrected chi connectivity index (χ0v) is 27.5. The Balaban J connectivity index is 1.37. The third-order valence-corrected chi connectivity index (χ3v) is 9.64. The summed E-state index contributed by atoms with van der Waals surface area (Å²) in [4.78, 5) is 44.1. The molecule has 1 amide bonds. The molecule has 6 rings (SSSR count). The first-order chi connectivity index (χ1) is 23.4. The summed E-state index contributed by atoms with van der Waals surface area (Å²) in [7, 11) is 1.32. The number of carbonyl (C=O) groups is 2. The van der Waals surface area contributed by atoms with Crippen molar-refractivity contribution in [1.29, 1.82) is 5.26 Å². The van der Waals surface area contributed by atoms with E-state index in [9.17, 15) is 19.6 Å². The van der Waals surface area contributed by atoms with Crippen LogP contribution in [0, 0.1) is 18.3 Å². The summed E-state index contributed by atoms with van der Waals surface area (Å²) in [5.41, 5.74) is 4.47. The van der Waals surface area contributed by atoms with Gasteiger partial charge in [0, 0.05) is 26.2 Å². The Hall–Kier alpha value is -5.56. The number of nitrogens with zero attached hydrogens (tertiary/aromatic N) is 4. The van der Waals surface area contributed by atoms with Crippen LogP contribution in [0.4, 0.5) is 0 Å². The molecule has 8 nitrogen and oxygen atoms in total. The normalized spacial score (nSPS) is 14.5. The summed E-state index contributed by atoms with van der Waals surface area (Å²) in [6.45, 7) is 4.00. The van der Waals surface area contributed by atoms with Crippen LogP contribution in [0.3, 0.4) is 0 Å². The van der Waals surface area contributed by atoms with Gasteiger partial charge in [-0.1, -0.05) is 91.0 Å². The number of aromatic nitrogens is 1. The van der Waals surface area contributed by atoms with Crippen LogP contribution in [0.5, 0.6) is 0 Å². The molecule has 4 aromatic carbocycles. The number of para-hydroxylation sites is 1. The van der Waals surface area contributed by atoms with Crippen LogP contribution in [-0.4, -0.2) is 59.5 Å². The third-order valence-electron chi connectivity index (χ3n) is 8.55. The van der Waals surface area contributed by atoms with E-state index in [1.165, 1.54) is 22.8 Å². The largest absolute Gasteiger partial charge is 0.465 e. The topological polar surface area (TPSA) is 95.6 Å². The van der Waals surface area contributed by atoms with Gasteiger partial charge in [0.2, 0.25) is 0 Å². The number of ether oxygens (including phenoxy) is 1. The van der Waals surface area contributed by atoms with E-state index in [-0.39, 0.29) is 21.8 Å². The molecule has 1 aromatic heterocycles. The van der Waals surface area contributed by atoms with Crippen molar-refractivity contribution in [2.75, 3.05) is 33.3 Å². The van der Waals surface area contributed by atoms with Gasteiger partial charge in [0.15, 0.2) is 5.57 Å². The zero-order valence-electron chi connectivity index (χ0n) is 26.7. The molecule has 0 N–H and O–H groups in total. The number of rotatable bonds is 7. The molecule has 1 saturated heterocycles. The highest BCUT2D eigenvalue weighted by atomic mass is 32.1. The molecule has 0 aliphatic carbocycles. The Kier molecular flexibility index (Phi) is 9.76. The molecule has 2 heterocycles. The van der Waals surface area contributed by atoms with E-state index in [4.69, 9.17) is 4.74 Å². The first-order valence-electron chi connectivity index (χ1n) is 15.6. The van der Waals surface area contributed by atoms with Gasteiger partial charge in [0.05, 0.1) is 28.9 Å². The highest BCUT2D eigenvalue weighted by Gasteiger charge is 2.30. The molecule has 0 spiro atoms. The predicted molar refractivity (Wildman–Crippen MR) is 187 cm³/mol. The minimum absolute atomic E-state index is 0.0346. The van der Waals surface area contributed by atoms with Crippen molar-refractivity contribution in [2.45, 2.75) is 13.0 Å². The molecule has 1 fully saturated rings. The molecule has 48 heavy (non-hydrogen) atoms. The highest BCUT2D eigenvalue weighted by molar-refractivity contribution is 7.07. The Morgan fingerprint density at radius 1 is 0.833 bits per heavy atom. The van der Waals surface area contributed by atoms with Crippen molar-refractivity contribution >= 4 is 34.9 Å². The Labute approximate surface area is 282 Å². The van der Waals surface area contributed by atoms with E-state index < -0.39 is 11.9 Å². The summed E-state index contributed by atoms with van der Waals surface area (Å²) in [5, 5.41) is 10.4. The lowest BCUT2D eigenvalue weighted by Crippen LogP contribution is -2.50. The zero-order chi connectivity index (χ0) is 33.6. The van der Waals surface area contributed by atoms with Crippen LogP contribution in [0.1, 0.15) is 38.7 Å². The maximum absolute atomic E-state index is 14.1. The fourth-order valence-electron chi connectivity index (χ4n) is 6.08. The van der Waals surface area contributed by atoms with Crippen LogP contribution < -0.4 is 14.8 Å². The Bertz CT molecular complexity index is 2120. The lowest BCUT2D eigenvalue weighted by atomic mass is 9.96. The maximum atomic E-state index is 14.1. The average Bonchev–Trinajstić information content (AvgIpc) is 3.44. The fourth-order valence-corrected chi connectivity index (χ4v) is 7.17. The first-order valence-corrected chi connectivity index (χ1v) is 16.5. The number of piperazine rings is 1. The number of hydrogen-bond acceptors (Lipinski definition) is 7. The number of aryl methyl sites for hydroxylation is 1. The molecule has 0 saturated carbocycles. The van der Waals surface area contributed by atoms with Gasteiger partial charge in [-0.15, -0.1) is 11.3 Å². The SMILES string of the molecule is COC(=O)c1ccc(/C=c2/s/c(=C(\C#N)C(=O)N3CCN(C(c4ccccc4)c4ccccc4)CC3)n(-c3ccccc3C)c2=O)cc1. The molecule has 0 bridgehead atoms. The lowest BCUT2D eigenvalue weighted by Gasteiger charge is -2.39. The Morgan fingerprint density at radius 3 is 1.98 bits per heavy atom. The Morgan fingerprint density at radius 2 is 1.42 bits per heavy atom. The standard InChI is InChI=1S/C39H34N4O4S/c1-27-11-9-10-16-33(27)43-37(45)34(25-28-17-19-31(20-18-28)39(46)47-2)48-38(43)32(26-40)36(44)42-23-21-41(22-24-42)35(29-12-5-3-6-13-29)30-14-7-4-8-15-30/h3-20,25,35H,21-24H2,1-2H3/b34-25+,38-32+. The number of hydrogen-bond donors (Lipinski definition) is 0. The van der Waals surface area contributed by atoms with Gasteiger partial charge in [-0.3, -0.25) is 19.1 Å². The summed E-state index contributed by atoms with van der Waals surface area (Å²) < 4.78 is 6.91. The fraction of sp³-hybridized carbons (Fsp3) is 0.179. The average molecular weight is 655 g/mol. The number of amides is 1. The minimum atomic E-state index is -0.454. The van der Waals surface area contributed by atoms with E-state index in [2.05, 4.69) is 35.2 Å². The van der Waals surface area contributed by atoms with Crippen molar-refractivity contribution in [3.05, 3.63) is 157 Å². The van der Waals surface area contributed by atoms with Crippen LogP contribution in [0.15, 0.2) is 114 Å². The van der Waals surface area contributed by atoms with Crippen LogP contribution in [-0.2, 0) is 9.53 Å². The van der Waals surface area contributed by atoms with Gasteiger partial charge in [-0.2, -0.15) is 5.26 Å². The van der Waals surface area contributed by atoms with Crippen LogP contribution in [0.25, 0.3) is 17.3 Å². The molecule has 0 radical (unpaired) electrons. The molecule has 0 unspecified atom stereocenters. The molecule has 9 heteroatoms. The molecule has 5 aromatic rings. The quantitative estimate of drug-likeness (QED) is 0.241. The van der Waals surface area contributed by atoms with Crippen LogP contribution >= 0.6 is 11.3 Å². The smallest absolute Gasteiger partial charge is 0.337 e. The molecular weight excluding hydrogens is 621 g/mol. The molecule has 240 valence electrons. The number of methoxy groups -OCH3 is 1. The van der Waals surface area contributed by atoms with Gasteiger partial charge in [-0.05, 0) is 53.5 Å². The third kappa shape index (κ3) is 6.63. The van der Waals surface area contributed by atoms with Gasteiger partial charge < -0.3 is 9.64 Å². The number of benzene rings is 4. The highest BCUT2D eigenvalue weighted by Crippen LogP contribution is 2.29. The number of esters is 1. The molecule has 1 aliphatic rings. The van der Waals surface area contributed by atoms with Crippen molar-refractivity contribution in [2.24, 2.45) is 0 Å². The van der Waals surface area contributed by atoms with Crippen molar-refractivity contribution < 1.29 is 14.3 Å². The van der Waals surface area contributed by atoms with Gasteiger partial charge >= 0.3 is 5.97 Å². The molecule has 0 atom stereocenters. The van der Waals surface area contributed by atoms with Crippen molar-refractivity contribution in [3.8, 4) is 11.8 Å². The number of thiazole rings is 1. The monoisotopic (exact) mass is 654 g/mol. The van der Waals surface area contributed by atoms with E-state index >= 15 is 0 Å². The predicted octanol–water partition coefficient (Wildman–Crippen LogP) is 4.43. The van der Waals surface area contributed by atoms with Gasteiger partial charge in [-0.25, -0.2) is 4.79 Å². The second-order valence-corrected chi connectivity index (χ2v) is 12.5. The molecular formula is C39H34N4O4S. The summed E-state index contributed by atoms with van der Waals surface area (Å²) in [5.74, 6) is -0.851. The van der Waals surface area contributed by atoms with Crippen LogP contribution in [0.2, 0.25) is 0 Å². The summed E-state index contributed by atoms with van der Waals surface area (Å²) in [6.07, 6.45) is 1.71. The van der Waals surface area contributed by atoms with Gasteiger partial charge in [0.1, 0.15) is 10.7 Å².